The van der Waals surface area contributed by atoms with Gasteiger partial charge >= 0.3 is 0 Å². The highest BCUT2D eigenvalue weighted by atomic mass is 32.1. The van der Waals surface area contributed by atoms with Crippen molar-refractivity contribution in [3.05, 3.63) is 0 Å². The van der Waals surface area contributed by atoms with Gasteiger partial charge in [0.25, 0.3) is 0 Å². The van der Waals surface area contributed by atoms with Crippen LogP contribution in [0.15, 0.2) is 0 Å². The van der Waals surface area contributed by atoms with E-state index in [0.29, 0.717) is 0 Å². The number of nitrogens with zero attached hydrogens (tertiary/aromatic N) is 2. The van der Waals surface area contributed by atoms with E-state index in [2.05, 4.69) is 28.9 Å². The molecule has 2 saturated heterocycles. The fraction of sp³-hybridized carbons (Fsp3) is 1.00. The molecule has 2 rings (SSSR count). The van der Waals surface area contributed by atoms with Gasteiger partial charge in [-0.05, 0) is 25.3 Å². The summed E-state index contributed by atoms with van der Waals surface area (Å²) in [6, 6.07) is 0.799. The minimum atomic E-state index is 0.799. The summed E-state index contributed by atoms with van der Waals surface area (Å²) in [4.78, 5) is 2.64. The van der Waals surface area contributed by atoms with Crippen molar-refractivity contribution in [3.63, 3.8) is 0 Å². The first-order valence-corrected chi connectivity index (χ1v) is 5.33. The second-order valence-corrected chi connectivity index (χ2v) is 4.81. The Morgan fingerprint density at radius 3 is 2.50 bits per heavy atom. The zero-order valence-corrected chi connectivity index (χ0v) is 8.63. The Hall–Kier alpha value is 0.270. The molecule has 0 saturated carbocycles. The Labute approximate surface area is 80.5 Å². The number of hydrogen-bond donors (Lipinski definition) is 1. The lowest BCUT2D eigenvalue weighted by atomic mass is 10.2. The van der Waals surface area contributed by atoms with Gasteiger partial charge in [0.15, 0.2) is 0 Å². The van der Waals surface area contributed by atoms with Crippen molar-refractivity contribution in [2.45, 2.75) is 25.8 Å². The van der Waals surface area contributed by atoms with Crippen LogP contribution in [0.3, 0.4) is 0 Å². The van der Waals surface area contributed by atoms with Crippen LogP contribution in [0.25, 0.3) is 0 Å². The molecule has 2 nitrogen and oxygen atoms in total. The van der Waals surface area contributed by atoms with E-state index in [1.807, 2.05) is 0 Å². The first-order valence-electron chi connectivity index (χ1n) is 4.93. The SMILES string of the molecule is C[C@H]1CCN([C@@H]2CCN(S)C2)C1. The third-order valence-electron chi connectivity index (χ3n) is 3.11. The summed E-state index contributed by atoms with van der Waals surface area (Å²) < 4.78 is 2.15. The first-order chi connectivity index (χ1) is 5.75. The zero-order valence-electron chi connectivity index (χ0n) is 7.74. The second-order valence-electron chi connectivity index (χ2n) is 4.24. The van der Waals surface area contributed by atoms with Crippen molar-refractivity contribution >= 4 is 12.8 Å². The standard InChI is InChI=1S/C9H18N2S/c1-8-2-4-10(6-8)9-3-5-11(12)7-9/h8-9,12H,2-7H2,1H3/t8-,9+/m0/s1. The molecule has 2 atom stereocenters. The molecule has 70 valence electrons. The number of rotatable bonds is 1. The van der Waals surface area contributed by atoms with Crippen LogP contribution >= 0.6 is 12.8 Å². The molecule has 0 aromatic heterocycles. The summed E-state index contributed by atoms with van der Waals surface area (Å²) in [6.07, 6.45) is 2.71. The fourth-order valence-electron chi connectivity index (χ4n) is 2.32. The van der Waals surface area contributed by atoms with Crippen molar-refractivity contribution < 1.29 is 0 Å². The highest BCUT2D eigenvalue weighted by molar-refractivity contribution is 7.77. The van der Waals surface area contributed by atoms with Crippen LogP contribution in [0, 0.1) is 5.92 Å². The minimum Gasteiger partial charge on any atom is -0.299 e. The third kappa shape index (κ3) is 1.78. The molecule has 2 aliphatic heterocycles. The van der Waals surface area contributed by atoms with Gasteiger partial charge in [0.05, 0.1) is 0 Å². The maximum atomic E-state index is 4.37. The van der Waals surface area contributed by atoms with E-state index in [1.54, 1.807) is 0 Å². The van der Waals surface area contributed by atoms with E-state index in [0.717, 1.165) is 18.5 Å². The molecule has 2 fully saturated rings. The Morgan fingerprint density at radius 1 is 1.17 bits per heavy atom. The van der Waals surface area contributed by atoms with Crippen LogP contribution in [-0.2, 0) is 0 Å². The molecule has 3 heteroatoms. The summed E-state index contributed by atoms with van der Waals surface area (Å²) in [7, 11) is 0. The van der Waals surface area contributed by atoms with E-state index >= 15 is 0 Å². The second kappa shape index (κ2) is 3.56. The maximum Gasteiger partial charge on any atom is 0.0245 e. The Bertz CT molecular complexity index is 145. The van der Waals surface area contributed by atoms with E-state index < -0.39 is 0 Å². The van der Waals surface area contributed by atoms with Gasteiger partial charge < -0.3 is 0 Å². The number of thiol groups is 1. The molecule has 0 bridgehead atoms. The normalized spacial score (nSPS) is 39.5. The average molecular weight is 186 g/mol. The molecule has 0 spiro atoms. The summed E-state index contributed by atoms with van der Waals surface area (Å²) in [5, 5.41) is 0. The highest BCUT2D eigenvalue weighted by Gasteiger charge is 2.30. The van der Waals surface area contributed by atoms with Crippen LogP contribution in [-0.4, -0.2) is 41.4 Å². The first kappa shape index (κ1) is 8.85. The van der Waals surface area contributed by atoms with Crippen LogP contribution in [0.4, 0.5) is 0 Å². The van der Waals surface area contributed by atoms with Crippen molar-refractivity contribution in [1.82, 2.24) is 9.21 Å². The van der Waals surface area contributed by atoms with E-state index in [-0.39, 0.29) is 0 Å². The summed E-state index contributed by atoms with van der Waals surface area (Å²) in [5.41, 5.74) is 0. The number of hydrogen-bond acceptors (Lipinski definition) is 3. The van der Waals surface area contributed by atoms with Gasteiger partial charge in [0.2, 0.25) is 0 Å². The number of likely N-dealkylation sites (tertiary alicyclic amines) is 1. The van der Waals surface area contributed by atoms with E-state index in [4.69, 9.17) is 0 Å². The molecule has 0 amide bonds. The van der Waals surface area contributed by atoms with Crippen LogP contribution in [0.5, 0.6) is 0 Å². The quantitative estimate of drug-likeness (QED) is 0.616. The van der Waals surface area contributed by atoms with Gasteiger partial charge in [0.1, 0.15) is 0 Å². The molecule has 0 aliphatic carbocycles. The predicted molar refractivity (Wildman–Crippen MR) is 54.3 cm³/mol. The van der Waals surface area contributed by atoms with Gasteiger partial charge in [-0.1, -0.05) is 19.7 Å². The van der Waals surface area contributed by atoms with Crippen LogP contribution in [0.1, 0.15) is 19.8 Å². The molecule has 2 heterocycles. The lowest BCUT2D eigenvalue weighted by Crippen LogP contribution is -2.34. The average Bonchev–Trinajstić information content (AvgIpc) is 2.58. The Kier molecular flexibility index (Phi) is 2.63. The smallest absolute Gasteiger partial charge is 0.0245 e. The van der Waals surface area contributed by atoms with E-state index in [1.165, 1.54) is 32.5 Å². The van der Waals surface area contributed by atoms with Gasteiger partial charge in [-0.25, -0.2) is 0 Å². The third-order valence-corrected chi connectivity index (χ3v) is 3.48. The molecule has 0 aromatic rings. The molecule has 12 heavy (non-hydrogen) atoms. The summed E-state index contributed by atoms with van der Waals surface area (Å²) in [6.45, 7) is 7.31. The van der Waals surface area contributed by atoms with Crippen molar-refractivity contribution in [2.24, 2.45) is 5.92 Å². The topological polar surface area (TPSA) is 6.48 Å². The summed E-state index contributed by atoms with van der Waals surface area (Å²) in [5.74, 6) is 0.916. The van der Waals surface area contributed by atoms with Crippen molar-refractivity contribution in [2.75, 3.05) is 26.2 Å². The van der Waals surface area contributed by atoms with Gasteiger partial charge in [-0.15, -0.1) is 0 Å². The molecule has 0 aromatic carbocycles. The largest absolute Gasteiger partial charge is 0.299 e. The van der Waals surface area contributed by atoms with Crippen molar-refractivity contribution in [3.8, 4) is 0 Å². The van der Waals surface area contributed by atoms with E-state index in [9.17, 15) is 0 Å². The van der Waals surface area contributed by atoms with Gasteiger partial charge in [0, 0.05) is 25.7 Å². The van der Waals surface area contributed by atoms with Gasteiger partial charge in [-0.2, -0.15) is 0 Å². The maximum absolute atomic E-state index is 4.37. The Morgan fingerprint density at radius 2 is 2.00 bits per heavy atom. The highest BCUT2D eigenvalue weighted by Crippen LogP contribution is 2.23. The predicted octanol–water partition coefficient (Wildman–Crippen LogP) is 1.25. The minimum absolute atomic E-state index is 0.799. The molecule has 0 N–H and O–H groups in total. The molecular formula is C9H18N2S. The van der Waals surface area contributed by atoms with Gasteiger partial charge in [-0.3, -0.25) is 9.21 Å². The monoisotopic (exact) mass is 186 g/mol. The molecule has 0 radical (unpaired) electrons. The lowest BCUT2D eigenvalue weighted by molar-refractivity contribution is 0.245. The summed E-state index contributed by atoms with van der Waals surface area (Å²) >= 11 is 4.37. The van der Waals surface area contributed by atoms with Crippen molar-refractivity contribution in [1.29, 1.82) is 0 Å². The Balaban J connectivity index is 1.85. The molecular weight excluding hydrogens is 168 g/mol. The molecule has 2 aliphatic rings. The molecule has 0 unspecified atom stereocenters. The van der Waals surface area contributed by atoms with Crippen LogP contribution < -0.4 is 0 Å². The lowest BCUT2D eigenvalue weighted by Gasteiger charge is -2.22. The fourth-order valence-corrected chi connectivity index (χ4v) is 2.63. The van der Waals surface area contributed by atoms with Crippen LogP contribution in [0.2, 0.25) is 0 Å². The zero-order chi connectivity index (χ0) is 8.55.